The van der Waals surface area contributed by atoms with Gasteiger partial charge in [-0.3, -0.25) is 0 Å². The van der Waals surface area contributed by atoms with Gasteiger partial charge in [0, 0.05) is 0 Å². The van der Waals surface area contributed by atoms with Gasteiger partial charge >= 0.3 is 0 Å². The van der Waals surface area contributed by atoms with Crippen LogP contribution in [0, 0.1) is 0 Å². The van der Waals surface area contributed by atoms with Crippen molar-refractivity contribution in [2.45, 2.75) is 68.3 Å². The largest absolute Gasteiger partial charge is 0.394 e. The van der Waals surface area contributed by atoms with E-state index >= 15 is 0 Å². The third-order valence-electron chi connectivity index (χ3n) is 3.94. The average molecular weight is 326 g/mol. The summed E-state index contributed by atoms with van der Waals surface area (Å²) in [5.74, 6) is 0. The minimum atomic E-state index is -1.71. The van der Waals surface area contributed by atoms with Crippen LogP contribution in [0.3, 0.4) is 0 Å². The molecule has 0 unspecified atom stereocenters. The van der Waals surface area contributed by atoms with E-state index in [-0.39, 0.29) is 0 Å². The van der Waals surface area contributed by atoms with E-state index in [1.54, 1.807) is 0 Å². The topological polar surface area (TPSA) is 169 Å². The highest BCUT2D eigenvalue weighted by Gasteiger charge is 2.49. The Morgan fingerprint density at radius 2 is 1.45 bits per heavy atom. The lowest BCUT2D eigenvalue weighted by Gasteiger charge is -2.44. The van der Waals surface area contributed by atoms with E-state index in [0.29, 0.717) is 0 Å². The van der Waals surface area contributed by atoms with E-state index in [4.69, 9.17) is 19.3 Å². The third kappa shape index (κ3) is 3.26. The lowest BCUT2D eigenvalue weighted by atomic mass is 9.97. The molecule has 7 N–H and O–H groups in total. The van der Waals surface area contributed by atoms with Crippen molar-refractivity contribution in [3.63, 3.8) is 0 Å². The summed E-state index contributed by atoms with van der Waals surface area (Å²) >= 11 is 0. The first kappa shape index (κ1) is 17.9. The molecule has 0 bridgehead atoms. The molecule has 22 heavy (non-hydrogen) atoms. The summed E-state index contributed by atoms with van der Waals surface area (Å²) in [6.45, 7) is 0.814. The molecule has 130 valence electrons. The van der Waals surface area contributed by atoms with Gasteiger partial charge in [0.2, 0.25) is 0 Å². The summed E-state index contributed by atoms with van der Waals surface area (Å²) in [4.78, 5) is 0. The van der Waals surface area contributed by atoms with Gasteiger partial charge in [-0.1, -0.05) is 0 Å². The van der Waals surface area contributed by atoms with Gasteiger partial charge in [0.1, 0.15) is 42.7 Å². The van der Waals surface area contributed by atoms with Crippen LogP contribution in [0.25, 0.3) is 0 Å². The molecule has 10 nitrogen and oxygen atoms in total. The zero-order valence-corrected chi connectivity index (χ0v) is 11.8. The fourth-order valence-electron chi connectivity index (χ4n) is 2.51. The number of ether oxygens (including phenoxy) is 3. The molecule has 0 aromatic rings. The molecular weight excluding hydrogens is 304 g/mol. The molecule has 0 radical (unpaired) electrons. The maximum atomic E-state index is 9.99. The van der Waals surface area contributed by atoms with Crippen LogP contribution in [0.1, 0.15) is 6.92 Å². The molecule has 2 fully saturated rings. The van der Waals surface area contributed by atoms with Crippen LogP contribution in [0.15, 0.2) is 0 Å². The first-order chi connectivity index (χ1) is 10.3. The predicted molar refractivity (Wildman–Crippen MR) is 67.2 cm³/mol. The van der Waals surface area contributed by atoms with E-state index in [1.165, 1.54) is 6.92 Å². The minimum Gasteiger partial charge on any atom is -0.394 e. The first-order valence-corrected chi connectivity index (χ1v) is 6.93. The highest BCUT2D eigenvalue weighted by Crippen LogP contribution is 2.28. The fraction of sp³-hybridized carbons (Fsp3) is 1.00. The number of hydrogen-bond donors (Lipinski definition) is 7. The number of hydrogen-bond acceptors (Lipinski definition) is 10. The van der Waals surface area contributed by atoms with Crippen LogP contribution in [-0.2, 0) is 14.2 Å². The molecule has 10 heteroatoms. The molecule has 2 aliphatic rings. The average Bonchev–Trinajstić information content (AvgIpc) is 2.50. The quantitative estimate of drug-likeness (QED) is 0.269. The zero-order valence-electron chi connectivity index (χ0n) is 11.8. The maximum absolute atomic E-state index is 9.99. The van der Waals surface area contributed by atoms with Crippen molar-refractivity contribution < 1.29 is 50.0 Å². The van der Waals surface area contributed by atoms with Gasteiger partial charge in [-0.15, -0.1) is 0 Å². The number of rotatable bonds is 3. The first-order valence-electron chi connectivity index (χ1n) is 6.93. The van der Waals surface area contributed by atoms with Crippen LogP contribution in [-0.4, -0.2) is 104 Å². The van der Waals surface area contributed by atoms with Crippen molar-refractivity contribution in [1.29, 1.82) is 0 Å². The normalized spacial score (nSPS) is 53.5. The Hall–Kier alpha value is -0.400. The van der Waals surface area contributed by atoms with Gasteiger partial charge in [-0.2, -0.15) is 0 Å². The second kappa shape index (κ2) is 7.01. The Morgan fingerprint density at radius 1 is 0.818 bits per heavy atom. The van der Waals surface area contributed by atoms with E-state index in [1.807, 2.05) is 0 Å². The summed E-state index contributed by atoms with van der Waals surface area (Å²) in [6.07, 6.45) is -14.3. The Morgan fingerprint density at radius 3 is 2.05 bits per heavy atom. The van der Waals surface area contributed by atoms with Crippen LogP contribution in [0.4, 0.5) is 0 Å². The van der Waals surface area contributed by atoms with E-state index in [0.717, 1.165) is 0 Å². The minimum absolute atomic E-state index is 0.628. The smallest absolute Gasteiger partial charge is 0.187 e. The van der Waals surface area contributed by atoms with Gasteiger partial charge in [0.05, 0.1) is 12.7 Å². The molecule has 0 aromatic carbocycles. The Labute approximate surface area is 126 Å². The molecule has 0 aliphatic carbocycles. The zero-order chi connectivity index (χ0) is 16.6. The maximum Gasteiger partial charge on any atom is 0.187 e. The summed E-state index contributed by atoms with van der Waals surface area (Å²) in [5.41, 5.74) is 0. The summed E-state index contributed by atoms with van der Waals surface area (Å²) in [7, 11) is 0. The summed E-state index contributed by atoms with van der Waals surface area (Å²) in [6, 6.07) is 0. The second-order valence-electron chi connectivity index (χ2n) is 5.51. The second-order valence-corrected chi connectivity index (χ2v) is 5.51. The monoisotopic (exact) mass is 326 g/mol. The highest BCUT2D eigenvalue weighted by molar-refractivity contribution is 4.93. The Balaban J connectivity index is 2.10. The highest BCUT2D eigenvalue weighted by atomic mass is 16.7. The van der Waals surface area contributed by atoms with Gasteiger partial charge < -0.3 is 50.0 Å². The van der Waals surface area contributed by atoms with Gasteiger partial charge in [0.25, 0.3) is 0 Å². The van der Waals surface area contributed by atoms with Gasteiger partial charge in [-0.05, 0) is 6.92 Å². The fourth-order valence-corrected chi connectivity index (χ4v) is 2.51. The Bertz CT molecular complexity index is 368. The molecule has 2 rings (SSSR count). The van der Waals surface area contributed by atoms with Gasteiger partial charge in [-0.25, -0.2) is 0 Å². The lowest BCUT2D eigenvalue weighted by Crippen LogP contribution is -2.63. The van der Waals surface area contributed by atoms with Crippen LogP contribution < -0.4 is 0 Å². The van der Waals surface area contributed by atoms with Crippen LogP contribution in [0.2, 0.25) is 0 Å². The number of aliphatic hydroxyl groups excluding tert-OH is 7. The SMILES string of the molecule is C[C@@H]1O[C@H](O[C@@H]2[C@@H](O)[C@H](O)O[C@H](CO)[C@@H]2O)[C@@H](O)[C@H](O)[C@@H]1O. The van der Waals surface area contributed by atoms with E-state index in [9.17, 15) is 30.6 Å². The molecule has 0 amide bonds. The number of aliphatic hydroxyl groups is 7. The van der Waals surface area contributed by atoms with Gasteiger partial charge in [0.15, 0.2) is 12.6 Å². The molecular formula is C12H22O10. The van der Waals surface area contributed by atoms with Crippen molar-refractivity contribution in [3.05, 3.63) is 0 Å². The summed E-state index contributed by atoms with van der Waals surface area (Å²) in [5, 5.41) is 67.6. The summed E-state index contributed by atoms with van der Waals surface area (Å²) < 4.78 is 15.3. The van der Waals surface area contributed by atoms with Crippen molar-refractivity contribution in [2.75, 3.05) is 6.61 Å². The molecule has 10 atom stereocenters. The van der Waals surface area contributed by atoms with Crippen molar-refractivity contribution in [3.8, 4) is 0 Å². The standard InChI is InChI=1S/C12H22O10/c1-3-5(14)7(16)8(17)12(20-3)22-10-6(15)4(2-13)21-11(19)9(10)18/h3-19H,2H2,1H3/t3-,4+,5+,6-,7+,8-,9+,10-,11+,12+/m0/s1. The predicted octanol–water partition coefficient (Wildman–Crippen LogP) is -4.37. The molecule has 0 spiro atoms. The molecule has 2 aliphatic heterocycles. The van der Waals surface area contributed by atoms with Crippen LogP contribution >= 0.6 is 0 Å². The van der Waals surface area contributed by atoms with Crippen molar-refractivity contribution in [2.24, 2.45) is 0 Å². The van der Waals surface area contributed by atoms with E-state index in [2.05, 4.69) is 0 Å². The van der Waals surface area contributed by atoms with E-state index < -0.39 is 68.0 Å². The van der Waals surface area contributed by atoms with Crippen LogP contribution in [0.5, 0.6) is 0 Å². The van der Waals surface area contributed by atoms with Crippen molar-refractivity contribution in [1.82, 2.24) is 0 Å². The Kier molecular flexibility index (Phi) is 5.72. The third-order valence-corrected chi connectivity index (χ3v) is 3.94. The lowest BCUT2D eigenvalue weighted by molar-refractivity contribution is -0.352. The molecule has 0 aromatic heterocycles. The molecule has 0 saturated carbocycles. The molecule has 2 heterocycles. The van der Waals surface area contributed by atoms with Crippen molar-refractivity contribution >= 4 is 0 Å². The molecule has 2 saturated heterocycles.